The van der Waals surface area contributed by atoms with Crippen molar-refractivity contribution >= 4 is 0 Å². The summed E-state index contributed by atoms with van der Waals surface area (Å²) in [6.07, 6.45) is 10.2. The molecule has 2 nitrogen and oxygen atoms in total. The lowest BCUT2D eigenvalue weighted by Gasteiger charge is -2.15. The van der Waals surface area contributed by atoms with Gasteiger partial charge in [-0.15, -0.1) is 6.58 Å². The standard InChI is InChI=1S/C19H29NO/c1-3-5-6-7-8-15-21-19-11-9-10-16-17(19)12-13-18(16)20-14-4-2/h3,9-11,18,20H,1,4-8,12-15H2,2H3. The van der Waals surface area contributed by atoms with Crippen molar-refractivity contribution < 1.29 is 4.74 Å². The summed E-state index contributed by atoms with van der Waals surface area (Å²) in [5.41, 5.74) is 2.88. The molecule has 21 heavy (non-hydrogen) atoms. The van der Waals surface area contributed by atoms with E-state index in [1.54, 1.807) is 0 Å². The summed E-state index contributed by atoms with van der Waals surface area (Å²) in [4.78, 5) is 0. The Morgan fingerprint density at radius 3 is 3.05 bits per heavy atom. The van der Waals surface area contributed by atoms with Crippen LogP contribution in [0.1, 0.15) is 62.6 Å². The van der Waals surface area contributed by atoms with Gasteiger partial charge < -0.3 is 10.1 Å². The second-order valence-electron chi connectivity index (χ2n) is 5.86. The van der Waals surface area contributed by atoms with Crippen LogP contribution in [0, 0.1) is 0 Å². The first-order valence-corrected chi connectivity index (χ1v) is 8.45. The molecule has 0 spiro atoms. The number of ether oxygens (including phenoxy) is 1. The quantitative estimate of drug-likeness (QED) is 0.493. The second kappa shape index (κ2) is 8.89. The van der Waals surface area contributed by atoms with Crippen LogP contribution in [0.5, 0.6) is 5.75 Å². The summed E-state index contributed by atoms with van der Waals surface area (Å²) < 4.78 is 6.03. The van der Waals surface area contributed by atoms with Gasteiger partial charge in [0.1, 0.15) is 5.75 Å². The van der Waals surface area contributed by atoms with E-state index in [4.69, 9.17) is 4.74 Å². The van der Waals surface area contributed by atoms with Crippen LogP contribution in [-0.4, -0.2) is 13.2 Å². The maximum atomic E-state index is 6.03. The Bertz CT molecular complexity index is 441. The van der Waals surface area contributed by atoms with Crippen LogP contribution in [0.15, 0.2) is 30.9 Å². The van der Waals surface area contributed by atoms with Crippen molar-refractivity contribution in [3.63, 3.8) is 0 Å². The third-order valence-electron chi connectivity index (χ3n) is 4.18. The van der Waals surface area contributed by atoms with Crippen molar-refractivity contribution in [2.45, 2.75) is 57.9 Å². The van der Waals surface area contributed by atoms with E-state index in [1.165, 1.54) is 36.8 Å². The molecule has 1 N–H and O–H groups in total. The van der Waals surface area contributed by atoms with Gasteiger partial charge in [-0.25, -0.2) is 0 Å². The van der Waals surface area contributed by atoms with Crippen molar-refractivity contribution in [1.29, 1.82) is 0 Å². The number of fused-ring (bicyclic) bond motifs is 1. The van der Waals surface area contributed by atoms with Gasteiger partial charge in [-0.05, 0) is 68.7 Å². The van der Waals surface area contributed by atoms with Gasteiger partial charge in [-0.2, -0.15) is 0 Å². The van der Waals surface area contributed by atoms with Crippen molar-refractivity contribution in [2.75, 3.05) is 13.2 Å². The van der Waals surface area contributed by atoms with Gasteiger partial charge in [0.15, 0.2) is 0 Å². The van der Waals surface area contributed by atoms with E-state index < -0.39 is 0 Å². The van der Waals surface area contributed by atoms with Gasteiger partial charge in [0.05, 0.1) is 6.61 Å². The van der Waals surface area contributed by atoms with Gasteiger partial charge in [-0.1, -0.05) is 25.1 Å². The molecule has 1 aliphatic rings. The van der Waals surface area contributed by atoms with Crippen LogP contribution in [0.25, 0.3) is 0 Å². The van der Waals surface area contributed by atoms with Crippen LogP contribution in [0.3, 0.4) is 0 Å². The van der Waals surface area contributed by atoms with Crippen LogP contribution in [-0.2, 0) is 6.42 Å². The van der Waals surface area contributed by atoms with Gasteiger partial charge in [0, 0.05) is 6.04 Å². The van der Waals surface area contributed by atoms with Crippen molar-refractivity contribution in [2.24, 2.45) is 0 Å². The Balaban J connectivity index is 1.84. The smallest absolute Gasteiger partial charge is 0.122 e. The molecule has 116 valence electrons. The predicted molar refractivity (Wildman–Crippen MR) is 90.0 cm³/mol. The lowest BCUT2D eigenvalue weighted by Crippen LogP contribution is -2.19. The lowest BCUT2D eigenvalue weighted by molar-refractivity contribution is 0.303. The van der Waals surface area contributed by atoms with E-state index in [-0.39, 0.29) is 0 Å². The normalized spacial score (nSPS) is 16.7. The molecule has 0 saturated heterocycles. The summed E-state index contributed by atoms with van der Waals surface area (Å²) >= 11 is 0. The number of nitrogens with one attached hydrogen (secondary N) is 1. The van der Waals surface area contributed by atoms with Crippen LogP contribution in [0.4, 0.5) is 0 Å². The summed E-state index contributed by atoms with van der Waals surface area (Å²) in [5, 5.41) is 3.64. The predicted octanol–water partition coefficient (Wildman–Crippen LogP) is 4.80. The maximum Gasteiger partial charge on any atom is 0.122 e. The number of unbranched alkanes of at least 4 members (excludes halogenated alkanes) is 3. The Kier molecular flexibility index (Phi) is 6.81. The Morgan fingerprint density at radius 2 is 2.24 bits per heavy atom. The van der Waals surface area contributed by atoms with E-state index >= 15 is 0 Å². The molecule has 1 atom stereocenters. The molecule has 2 rings (SSSR count). The largest absolute Gasteiger partial charge is 0.493 e. The highest BCUT2D eigenvalue weighted by Gasteiger charge is 2.24. The van der Waals surface area contributed by atoms with Crippen molar-refractivity contribution in [3.8, 4) is 5.75 Å². The minimum atomic E-state index is 0.524. The lowest BCUT2D eigenvalue weighted by atomic mass is 10.1. The number of benzene rings is 1. The molecule has 0 aliphatic heterocycles. The van der Waals surface area contributed by atoms with Gasteiger partial charge in [-0.3, -0.25) is 0 Å². The summed E-state index contributed by atoms with van der Waals surface area (Å²) in [6.45, 7) is 7.90. The highest BCUT2D eigenvalue weighted by molar-refractivity contribution is 5.45. The molecule has 2 heteroatoms. The Labute approximate surface area is 129 Å². The van der Waals surface area contributed by atoms with Gasteiger partial charge >= 0.3 is 0 Å². The Morgan fingerprint density at radius 1 is 1.33 bits per heavy atom. The number of allylic oxidation sites excluding steroid dienone is 1. The average Bonchev–Trinajstić information content (AvgIpc) is 2.92. The van der Waals surface area contributed by atoms with E-state index in [2.05, 4.69) is 37.0 Å². The molecular weight excluding hydrogens is 258 g/mol. The van der Waals surface area contributed by atoms with Gasteiger partial charge in [0.25, 0.3) is 0 Å². The van der Waals surface area contributed by atoms with Crippen molar-refractivity contribution in [1.82, 2.24) is 5.32 Å². The maximum absolute atomic E-state index is 6.03. The first-order chi connectivity index (χ1) is 10.4. The number of hydrogen-bond acceptors (Lipinski definition) is 2. The summed E-state index contributed by atoms with van der Waals surface area (Å²) in [5.74, 6) is 1.11. The molecule has 1 aromatic rings. The number of rotatable bonds is 10. The topological polar surface area (TPSA) is 21.3 Å². The molecule has 0 fully saturated rings. The highest BCUT2D eigenvalue weighted by atomic mass is 16.5. The third kappa shape index (κ3) is 4.60. The first kappa shape index (κ1) is 16.1. The minimum absolute atomic E-state index is 0.524. The first-order valence-electron chi connectivity index (χ1n) is 8.45. The average molecular weight is 287 g/mol. The van der Waals surface area contributed by atoms with Crippen LogP contribution >= 0.6 is 0 Å². The fourth-order valence-corrected chi connectivity index (χ4v) is 3.04. The van der Waals surface area contributed by atoms with E-state index in [1.807, 2.05) is 6.08 Å². The van der Waals surface area contributed by atoms with E-state index in [0.29, 0.717) is 6.04 Å². The molecule has 1 unspecified atom stereocenters. The molecule has 1 aliphatic carbocycles. The second-order valence-corrected chi connectivity index (χ2v) is 5.86. The zero-order chi connectivity index (χ0) is 14.9. The molecular formula is C19H29NO. The molecule has 1 aromatic carbocycles. The molecule has 0 aromatic heterocycles. The van der Waals surface area contributed by atoms with Crippen molar-refractivity contribution in [3.05, 3.63) is 42.0 Å². The van der Waals surface area contributed by atoms with Gasteiger partial charge in [0.2, 0.25) is 0 Å². The number of hydrogen-bond donors (Lipinski definition) is 1. The highest BCUT2D eigenvalue weighted by Crippen LogP contribution is 2.36. The SMILES string of the molecule is C=CCCCCCOc1cccc2c1CCC2NCCC. The molecule has 0 amide bonds. The monoisotopic (exact) mass is 287 g/mol. The third-order valence-corrected chi connectivity index (χ3v) is 4.18. The van der Waals surface area contributed by atoms with E-state index in [9.17, 15) is 0 Å². The molecule has 0 radical (unpaired) electrons. The zero-order valence-corrected chi connectivity index (χ0v) is 13.4. The fourth-order valence-electron chi connectivity index (χ4n) is 3.04. The van der Waals surface area contributed by atoms with E-state index in [0.717, 1.165) is 38.2 Å². The Hall–Kier alpha value is -1.28. The molecule has 0 saturated carbocycles. The molecule has 0 heterocycles. The molecule has 0 bridgehead atoms. The summed E-state index contributed by atoms with van der Waals surface area (Å²) in [7, 11) is 0. The summed E-state index contributed by atoms with van der Waals surface area (Å²) in [6, 6.07) is 7.05. The zero-order valence-electron chi connectivity index (χ0n) is 13.4. The minimum Gasteiger partial charge on any atom is -0.493 e. The van der Waals surface area contributed by atoms with Crippen LogP contribution < -0.4 is 10.1 Å². The van der Waals surface area contributed by atoms with Crippen LogP contribution in [0.2, 0.25) is 0 Å². The fraction of sp³-hybridized carbons (Fsp3) is 0.579.